The Labute approximate surface area is 271 Å². The number of benzene rings is 2. The number of ether oxygens (including phenoxy) is 4. The van der Waals surface area contributed by atoms with Gasteiger partial charge in [0.15, 0.2) is 34.2 Å². The molecule has 0 bridgehead atoms. The molecule has 0 atom stereocenters. The van der Waals surface area contributed by atoms with E-state index in [1.165, 1.54) is 7.05 Å². The number of rotatable bonds is 20. The third kappa shape index (κ3) is 8.73. The summed E-state index contributed by atoms with van der Waals surface area (Å²) >= 11 is 0. The van der Waals surface area contributed by atoms with Crippen LogP contribution in [-0.4, -0.2) is 45.1 Å². The van der Waals surface area contributed by atoms with Crippen molar-refractivity contribution < 1.29 is 18.9 Å². The lowest BCUT2D eigenvalue weighted by Gasteiger charge is -2.16. The average Bonchev–Trinajstić information content (AvgIpc) is 3.47. The first-order valence-electron chi connectivity index (χ1n) is 16.8. The first-order valence-corrected chi connectivity index (χ1v) is 16.8. The van der Waals surface area contributed by atoms with Crippen molar-refractivity contribution in [2.75, 3.05) is 26.4 Å². The topological polar surface area (TPSA) is 98.7 Å². The lowest BCUT2D eigenvalue weighted by molar-refractivity contribution is 0.261. The fraction of sp³-hybridized carbons (Fsp3) is 0.528. The molecule has 4 rings (SSSR count). The maximum absolute atomic E-state index is 13.4. The molecule has 0 fully saturated rings. The molecular formula is C36H50N4O6. The van der Waals surface area contributed by atoms with Gasteiger partial charge in [-0.05, 0) is 61.1 Å². The summed E-state index contributed by atoms with van der Waals surface area (Å²) in [6.07, 6.45) is 9.54. The molecule has 250 valence electrons. The summed E-state index contributed by atoms with van der Waals surface area (Å²) in [4.78, 5) is 31.4. The van der Waals surface area contributed by atoms with E-state index in [1.807, 2.05) is 36.4 Å². The Morgan fingerprint density at radius 1 is 0.630 bits per heavy atom. The minimum absolute atomic E-state index is 0.221. The van der Waals surface area contributed by atoms with Gasteiger partial charge in [-0.2, -0.15) is 0 Å². The molecule has 4 aromatic rings. The first kappa shape index (κ1) is 34.7. The smallest absolute Gasteiger partial charge is 0.332 e. The third-order valence-corrected chi connectivity index (χ3v) is 7.83. The summed E-state index contributed by atoms with van der Waals surface area (Å²) in [7, 11) is 1.50. The second-order valence-electron chi connectivity index (χ2n) is 11.6. The van der Waals surface area contributed by atoms with Gasteiger partial charge in [0.25, 0.3) is 5.56 Å². The average molecular weight is 635 g/mol. The Hall–Kier alpha value is -4.21. The summed E-state index contributed by atoms with van der Waals surface area (Å²) < 4.78 is 28.7. The molecule has 0 saturated carbocycles. The maximum atomic E-state index is 13.4. The Morgan fingerprint density at radius 2 is 1.09 bits per heavy atom. The predicted molar refractivity (Wildman–Crippen MR) is 182 cm³/mol. The third-order valence-electron chi connectivity index (χ3n) is 7.83. The van der Waals surface area contributed by atoms with Gasteiger partial charge in [-0.3, -0.25) is 13.9 Å². The molecule has 10 nitrogen and oxygen atoms in total. The van der Waals surface area contributed by atoms with Crippen LogP contribution in [0.3, 0.4) is 0 Å². The van der Waals surface area contributed by atoms with Crippen molar-refractivity contribution in [3.8, 4) is 23.0 Å². The molecule has 2 heterocycles. The van der Waals surface area contributed by atoms with Gasteiger partial charge in [-0.1, -0.05) is 65.5 Å². The second-order valence-corrected chi connectivity index (χ2v) is 11.6. The van der Waals surface area contributed by atoms with Crippen LogP contribution in [0.1, 0.15) is 90.2 Å². The monoisotopic (exact) mass is 634 g/mol. The molecule has 2 aromatic carbocycles. The van der Waals surface area contributed by atoms with Crippen LogP contribution in [-0.2, 0) is 20.1 Å². The molecule has 10 heteroatoms. The second kappa shape index (κ2) is 17.5. The maximum Gasteiger partial charge on any atom is 0.332 e. The number of nitrogens with zero attached hydrogens (tertiary/aromatic N) is 4. The summed E-state index contributed by atoms with van der Waals surface area (Å²) in [5.41, 5.74) is 1.65. The van der Waals surface area contributed by atoms with Gasteiger partial charge in [0.1, 0.15) is 0 Å². The number of hydrogen-bond donors (Lipinski definition) is 0. The number of aromatic nitrogens is 4. The molecule has 0 N–H and O–H groups in total. The minimum Gasteiger partial charge on any atom is -0.490 e. The molecule has 0 spiro atoms. The van der Waals surface area contributed by atoms with E-state index < -0.39 is 11.2 Å². The van der Waals surface area contributed by atoms with E-state index in [-0.39, 0.29) is 6.54 Å². The van der Waals surface area contributed by atoms with Gasteiger partial charge in [0.05, 0.1) is 39.3 Å². The number of unbranched alkanes of at least 4 members (excludes halogenated alkanes) is 4. The number of imidazole rings is 1. The van der Waals surface area contributed by atoms with Crippen LogP contribution >= 0.6 is 0 Å². The molecule has 0 radical (unpaired) electrons. The predicted octanol–water partition coefficient (Wildman–Crippen LogP) is 6.71. The molecule has 46 heavy (non-hydrogen) atoms. The Morgan fingerprint density at radius 3 is 1.57 bits per heavy atom. The summed E-state index contributed by atoms with van der Waals surface area (Å²) in [5.74, 6) is 2.75. The fourth-order valence-electron chi connectivity index (χ4n) is 5.02. The van der Waals surface area contributed by atoms with Crippen molar-refractivity contribution in [1.82, 2.24) is 18.7 Å². The van der Waals surface area contributed by atoms with E-state index in [2.05, 4.69) is 32.7 Å². The molecule has 0 aliphatic heterocycles. The van der Waals surface area contributed by atoms with Crippen LogP contribution in [0.25, 0.3) is 11.2 Å². The molecule has 0 aliphatic rings. The summed E-state index contributed by atoms with van der Waals surface area (Å²) in [6.45, 7) is 11.5. The lowest BCUT2D eigenvalue weighted by Crippen LogP contribution is -2.39. The van der Waals surface area contributed by atoms with Crippen molar-refractivity contribution in [1.29, 1.82) is 0 Å². The molecule has 2 aromatic heterocycles. The zero-order valence-corrected chi connectivity index (χ0v) is 28.2. The van der Waals surface area contributed by atoms with Crippen LogP contribution < -0.4 is 30.2 Å². The highest BCUT2D eigenvalue weighted by Crippen LogP contribution is 2.31. The minimum atomic E-state index is -0.431. The number of hydrogen-bond acceptors (Lipinski definition) is 7. The molecule has 0 aliphatic carbocycles. The highest BCUT2D eigenvalue weighted by atomic mass is 16.5. The van der Waals surface area contributed by atoms with Gasteiger partial charge >= 0.3 is 5.69 Å². The van der Waals surface area contributed by atoms with Crippen molar-refractivity contribution >= 4 is 11.2 Å². The van der Waals surface area contributed by atoms with Gasteiger partial charge < -0.3 is 23.5 Å². The van der Waals surface area contributed by atoms with E-state index in [9.17, 15) is 9.59 Å². The van der Waals surface area contributed by atoms with Gasteiger partial charge in [-0.15, -0.1) is 0 Å². The highest BCUT2D eigenvalue weighted by Gasteiger charge is 2.18. The highest BCUT2D eigenvalue weighted by molar-refractivity contribution is 5.70. The van der Waals surface area contributed by atoms with Crippen molar-refractivity contribution in [3.63, 3.8) is 0 Å². The fourth-order valence-corrected chi connectivity index (χ4v) is 5.02. The van der Waals surface area contributed by atoms with E-state index >= 15 is 0 Å². The van der Waals surface area contributed by atoms with Gasteiger partial charge in [0.2, 0.25) is 0 Å². The lowest BCUT2D eigenvalue weighted by atomic mass is 10.2. The van der Waals surface area contributed by atoms with Crippen molar-refractivity contribution in [3.05, 3.63) is 74.7 Å². The van der Waals surface area contributed by atoms with Crippen LogP contribution in [0, 0.1) is 0 Å². The van der Waals surface area contributed by atoms with Crippen LogP contribution in [0.4, 0.5) is 0 Å². The molecule has 0 unspecified atom stereocenters. The van der Waals surface area contributed by atoms with Crippen LogP contribution in [0.2, 0.25) is 0 Å². The van der Waals surface area contributed by atoms with E-state index in [1.54, 1.807) is 15.5 Å². The largest absolute Gasteiger partial charge is 0.490 e. The zero-order valence-electron chi connectivity index (χ0n) is 28.2. The van der Waals surface area contributed by atoms with Crippen LogP contribution in [0.5, 0.6) is 23.0 Å². The standard InChI is InChI=1S/C36H50N4O6/c1-6-10-18-43-29-16-14-27(22-31(29)45-20-12-8-3)24-39-26-37-34-33(39)35(41)38(5)36(42)40(34)25-28-15-17-30(44-19-11-7-2)32(23-28)46-21-13-9-4/h14-17,22-23,26H,6-13,18-21,24-25H2,1-5H3. The van der Waals surface area contributed by atoms with E-state index in [0.717, 1.165) is 67.1 Å². The van der Waals surface area contributed by atoms with Gasteiger partial charge in [0, 0.05) is 13.6 Å². The number of fused-ring (bicyclic) bond motifs is 1. The SMILES string of the molecule is CCCCOc1ccc(Cn2cnc3c2c(=O)n(C)c(=O)n3Cc2ccc(OCCCC)c(OCCCC)c2)cc1OCCCC. The first-order chi connectivity index (χ1) is 22.4. The van der Waals surface area contributed by atoms with Crippen LogP contribution in [0.15, 0.2) is 52.3 Å². The zero-order chi connectivity index (χ0) is 32.9. The Kier molecular flexibility index (Phi) is 13.2. The summed E-state index contributed by atoms with van der Waals surface area (Å²) in [5, 5.41) is 0. The normalized spacial score (nSPS) is 11.2. The summed E-state index contributed by atoms with van der Waals surface area (Å²) in [6, 6.07) is 11.6. The quantitative estimate of drug-likeness (QED) is 0.0997. The molecule has 0 saturated heterocycles. The van der Waals surface area contributed by atoms with Gasteiger partial charge in [-0.25, -0.2) is 9.78 Å². The van der Waals surface area contributed by atoms with E-state index in [0.29, 0.717) is 67.1 Å². The van der Waals surface area contributed by atoms with Crippen molar-refractivity contribution in [2.24, 2.45) is 7.05 Å². The molecule has 0 amide bonds. The van der Waals surface area contributed by atoms with E-state index in [4.69, 9.17) is 18.9 Å². The van der Waals surface area contributed by atoms with Crippen molar-refractivity contribution in [2.45, 2.75) is 92.2 Å². The Balaban J connectivity index is 1.66. The Bertz CT molecular complexity index is 1670. The molecular weight excluding hydrogens is 584 g/mol.